The van der Waals surface area contributed by atoms with E-state index < -0.39 is 0 Å². The summed E-state index contributed by atoms with van der Waals surface area (Å²) in [6.07, 6.45) is 7.58. The highest BCUT2D eigenvalue weighted by Crippen LogP contribution is 2.32. The standard InChI is InChI=1S/C20H25N3O3S/c1-2-3-4-5-6-7-12-21-19(26)14-8-9-15-16(13-14)27-20(22-15)23-17(24)10-11-18(23)25/h8-9,13H,2-7,10-12H2,1H3,(H,21,26). The lowest BCUT2D eigenvalue weighted by molar-refractivity contribution is -0.121. The number of benzene rings is 1. The highest BCUT2D eigenvalue weighted by molar-refractivity contribution is 7.22. The van der Waals surface area contributed by atoms with Crippen LogP contribution in [0.1, 0.15) is 68.6 Å². The number of imide groups is 1. The Morgan fingerprint density at radius 3 is 2.56 bits per heavy atom. The van der Waals surface area contributed by atoms with E-state index in [9.17, 15) is 14.4 Å². The number of unbranched alkanes of at least 4 members (excludes halogenated alkanes) is 5. The molecule has 1 fully saturated rings. The first kappa shape index (κ1) is 19.5. The van der Waals surface area contributed by atoms with Crippen LogP contribution in [0.15, 0.2) is 18.2 Å². The molecule has 3 amide bonds. The number of amides is 3. The minimum absolute atomic E-state index is 0.103. The van der Waals surface area contributed by atoms with Gasteiger partial charge in [0.25, 0.3) is 5.91 Å². The molecule has 3 rings (SSSR count). The van der Waals surface area contributed by atoms with Crippen molar-refractivity contribution in [2.45, 2.75) is 58.3 Å². The van der Waals surface area contributed by atoms with E-state index >= 15 is 0 Å². The van der Waals surface area contributed by atoms with Gasteiger partial charge in [0.2, 0.25) is 11.8 Å². The van der Waals surface area contributed by atoms with Crippen LogP contribution in [-0.4, -0.2) is 29.3 Å². The third-order valence-corrected chi connectivity index (χ3v) is 5.70. The zero-order valence-corrected chi connectivity index (χ0v) is 16.4. The van der Waals surface area contributed by atoms with Crippen molar-refractivity contribution in [1.82, 2.24) is 10.3 Å². The predicted molar refractivity (Wildman–Crippen MR) is 107 cm³/mol. The van der Waals surface area contributed by atoms with Gasteiger partial charge in [0, 0.05) is 24.9 Å². The molecular weight excluding hydrogens is 362 g/mol. The van der Waals surface area contributed by atoms with E-state index in [4.69, 9.17) is 0 Å². The Kier molecular flexibility index (Phi) is 6.55. The first-order chi connectivity index (χ1) is 13.1. The van der Waals surface area contributed by atoms with E-state index in [1.165, 1.54) is 37.0 Å². The van der Waals surface area contributed by atoms with Gasteiger partial charge in [-0.2, -0.15) is 0 Å². The fourth-order valence-electron chi connectivity index (χ4n) is 3.15. The summed E-state index contributed by atoms with van der Waals surface area (Å²) in [5.74, 6) is -0.527. The molecule has 27 heavy (non-hydrogen) atoms. The number of aromatic nitrogens is 1. The second-order valence-electron chi connectivity index (χ2n) is 6.83. The van der Waals surface area contributed by atoms with Crippen LogP contribution in [0.25, 0.3) is 10.2 Å². The number of carbonyl (C=O) groups excluding carboxylic acids is 3. The van der Waals surface area contributed by atoms with E-state index in [1.807, 2.05) is 0 Å². The van der Waals surface area contributed by atoms with Gasteiger partial charge < -0.3 is 5.32 Å². The van der Waals surface area contributed by atoms with Crippen molar-refractivity contribution in [2.75, 3.05) is 11.4 Å². The number of hydrogen-bond donors (Lipinski definition) is 1. The largest absolute Gasteiger partial charge is 0.352 e. The minimum atomic E-state index is -0.212. The summed E-state index contributed by atoms with van der Waals surface area (Å²) >= 11 is 1.27. The fourth-order valence-corrected chi connectivity index (χ4v) is 4.19. The lowest BCUT2D eigenvalue weighted by Crippen LogP contribution is -2.28. The molecule has 7 heteroatoms. The van der Waals surface area contributed by atoms with Gasteiger partial charge in [0.05, 0.1) is 10.2 Å². The molecule has 1 aromatic carbocycles. The molecule has 2 aromatic rings. The van der Waals surface area contributed by atoms with E-state index in [-0.39, 0.29) is 30.6 Å². The molecule has 1 N–H and O–H groups in total. The SMILES string of the molecule is CCCCCCCCNC(=O)c1ccc2nc(N3C(=O)CCC3=O)sc2c1. The number of hydrogen-bond acceptors (Lipinski definition) is 5. The molecule has 2 heterocycles. The normalized spacial score (nSPS) is 14.3. The van der Waals surface area contributed by atoms with Crippen molar-refractivity contribution in [3.05, 3.63) is 23.8 Å². The van der Waals surface area contributed by atoms with Crippen LogP contribution < -0.4 is 10.2 Å². The topological polar surface area (TPSA) is 79.4 Å². The first-order valence-electron chi connectivity index (χ1n) is 9.64. The third kappa shape index (κ3) is 4.71. The molecule has 6 nitrogen and oxygen atoms in total. The molecule has 1 aliphatic rings. The highest BCUT2D eigenvalue weighted by atomic mass is 32.1. The van der Waals surface area contributed by atoms with Gasteiger partial charge in [-0.25, -0.2) is 9.88 Å². The second-order valence-corrected chi connectivity index (χ2v) is 7.83. The minimum Gasteiger partial charge on any atom is -0.352 e. The maximum Gasteiger partial charge on any atom is 0.251 e. The summed E-state index contributed by atoms with van der Waals surface area (Å²) in [6.45, 7) is 2.87. The van der Waals surface area contributed by atoms with Crippen LogP contribution in [0.4, 0.5) is 5.13 Å². The molecule has 1 aliphatic heterocycles. The van der Waals surface area contributed by atoms with Crippen molar-refractivity contribution in [3.8, 4) is 0 Å². The van der Waals surface area contributed by atoms with E-state index in [0.29, 0.717) is 22.8 Å². The molecule has 0 saturated carbocycles. The van der Waals surface area contributed by atoms with Crippen LogP contribution in [0, 0.1) is 0 Å². The Morgan fingerprint density at radius 1 is 1.11 bits per heavy atom. The number of anilines is 1. The van der Waals surface area contributed by atoms with Gasteiger partial charge in [0.1, 0.15) is 0 Å². The van der Waals surface area contributed by atoms with Gasteiger partial charge in [-0.3, -0.25) is 14.4 Å². The van der Waals surface area contributed by atoms with E-state index in [1.54, 1.807) is 18.2 Å². The monoisotopic (exact) mass is 387 g/mol. The van der Waals surface area contributed by atoms with Crippen molar-refractivity contribution >= 4 is 44.4 Å². The maximum atomic E-state index is 12.3. The van der Waals surface area contributed by atoms with Crippen LogP contribution in [0.5, 0.6) is 0 Å². The van der Waals surface area contributed by atoms with Crippen molar-refractivity contribution in [1.29, 1.82) is 0 Å². The van der Waals surface area contributed by atoms with Gasteiger partial charge in [-0.1, -0.05) is 50.4 Å². The zero-order valence-electron chi connectivity index (χ0n) is 15.6. The van der Waals surface area contributed by atoms with Gasteiger partial charge >= 0.3 is 0 Å². The van der Waals surface area contributed by atoms with Crippen molar-refractivity contribution in [2.24, 2.45) is 0 Å². The summed E-state index contributed by atoms with van der Waals surface area (Å²) in [7, 11) is 0. The van der Waals surface area contributed by atoms with Crippen LogP contribution in [0.3, 0.4) is 0 Å². The summed E-state index contributed by atoms with van der Waals surface area (Å²) in [4.78, 5) is 41.6. The molecule has 144 valence electrons. The van der Waals surface area contributed by atoms with E-state index in [0.717, 1.165) is 22.4 Å². The Labute approximate surface area is 163 Å². The fraction of sp³-hybridized carbons (Fsp3) is 0.500. The summed E-state index contributed by atoms with van der Waals surface area (Å²) < 4.78 is 0.796. The zero-order chi connectivity index (χ0) is 19.2. The first-order valence-corrected chi connectivity index (χ1v) is 10.5. The van der Waals surface area contributed by atoms with Crippen LogP contribution in [-0.2, 0) is 9.59 Å². The molecule has 1 saturated heterocycles. The predicted octanol–water partition coefficient (Wildman–Crippen LogP) is 4.04. The molecule has 0 aliphatic carbocycles. The van der Waals surface area contributed by atoms with Crippen molar-refractivity contribution < 1.29 is 14.4 Å². The summed E-state index contributed by atoms with van der Waals surface area (Å²) in [5, 5.41) is 3.35. The number of carbonyl (C=O) groups is 3. The number of nitrogens with zero attached hydrogens (tertiary/aromatic N) is 2. The lowest BCUT2D eigenvalue weighted by Gasteiger charge is -2.07. The summed E-state index contributed by atoms with van der Waals surface area (Å²) in [6, 6.07) is 5.27. The van der Waals surface area contributed by atoms with Crippen molar-refractivity contribution in [3.63, 3.8) is 0 Å². The Hall–Kier alpha value is -2.28. The number of rotatable bonds is 9. The Morgan fingerprint density at radius 2 is 1.81 bits per heavy atom. The highest BCUT2D eigenvalue weighted by Gasteiger charge is 2.32. The van der Waals surface area contributed by atoms with Crippen LogP contribution >= 0.6 is 11.3 Å². The molecule has 1 aromatic heterocycles. The molecule has 0 radical (unpaired) electrons. The number of thiazole rings is 1. The molecule has 0 bridgehead atoms. The van der Waals surface area contributed by atoms with Gasteiger partial charge in [-0.15, -0.1) is 0 Å². The molecule has 0 unspecified atom stereocenters. The average molecular weight is 388 g/mol. The Balaban J connectivity index is 1.58. The molecular formula is C20H25N3O3S. The average Bonchev–Trinajstić information content (AvgIpc) is 3.22. The van der Waals surface area contributed by atoms with Crippen LogP contribution in [0.2, 0.25) is 0 Å². The maximum absolute atomic E-state index is 12.3. The van der Waals surface area contributed by atoms with Gasteiger partial charge in [0.15, 0.2) is 5.13 Å². The summed E-state index contributed by atoms with van der Waals surface area (Å²) in [5.41, 5.74) is 1.26. The molecule has 0 atom stereocenters. The molecule has 0 spiro atoms. The smallest absolute Gasteiger partial charge is 0.251 e. The van der Waals surface area contributed by atoms with Gasteiger partial charge in [-0.05, 0) is 24.6 Å². The Bertz CT molecular complexity index is 830. The second kappa shape index (κ2) is 9.08. The van der Waals surface area contributed by atoms with E-state index in [2.05, 4.69) is 17.2 Å². The number of fused-ring (bicyclic) bond motifs is 1. The quantitative estimate of drug-likeness (QED) is 0.520. The number of nitrogens with one attached hydrogen (secondary N) is 1. The lowest BCUT2D eigenvalue weighted by atomic mass is 10.1. The third-order valence-electron chi connectivity index (χ3n) is 4.70.